The number of amides is 3. The summed E-state index contributed by atoms with van der Waals surface area (Å²) in [5.74, 6) is -2.64. The Morgan fingerprint density at radius 1 is 1.26 bits per heavy atom. The van der Waals surface area contributed by atoms with Crippen LogP contribution < -0.4 is 15.5 Å². The van der Waals surface area contributed by atoms with Crippen LogP contribution in [0.2, 0.25) is 0 Å². The average Bonchev–Trinajstić information content (AvgIpc) is 2.83. The number of fused-ring (bicyclic) bond motifs is 1. The Labute approximate surface area is 179 Å². The zero-order valence-electron chi connectivity index (χ0n) is 17.5. The number of para-hydroxylation sites is 2. The first-order chi connectivity index (χ1) is 14.7. The number of benzene rings is 2. The molecule has 0 saturated heterocycles. The van der Waals surface area contributed by atoms with Gasteiger partial charge in [0, 0.05) is 18.5 Å². The summed E-state index contributed by atoms with van der Waals surface area (Å²) in [6, 6.07) is 8.75. The largest absolute Gasteiger partial charge is 0.324 e. The van der Waals surface area contributed by atoms with Gasteiger partial charge >= 0.3 is 0 Å². The van der Waals surface area contributed by atoms with Gasteiger partial charge in [-0.15, -0.1) is 0 Å². The molecule has 164 valence electrons. The maximum absolute atomic E-state index is 13.8. The Morgan fingerprint density at radius 3 is 2.68 bits per heavy atom. The third-order valence-corrected chi connectivity index (χ3v) is 5.24. The lowest BCUT2D eigenvalue weighted by Crippen LogP contribution is -2.48. The normalized spacial score (nSPS) is 16.9. The van der Waals surface area contributed by atoms with Crippen LogP contribution in [0.25, 0.3) is 0 Å². The highest BCUT2D eigenvalue weighted by molar-refractivity contribution is 6.05. The van der Waals surface area contributed by atoms with Gasteiger partial charge in [0.15, 0.2) is 0 Å². The van der Waals surface area contributed by atoms with Crippen LogP contribution in [0, 0.1) is 11.6 Å². The van der Waals surface area contributed by atoms with E-state index in [-0.39, 0.29) is 36.5 Å². The number of carbonyl (C=O) groups is 3. The molecular formula is C22H24F2N4O3. The van der Waals surface area contributed by atoms with Crippen molar-refractivity contribution < 1.29 is 23.2 Å². The lowest BCUT2D eigenvalue weighted by molar-refractivity contribution is -0.123. The molecule has 9 heteroatoms. The molecule has 2 atom stereocenters. The van der Waals surface area contributed by atoms with E-state index >= 15 is 0 Å². The zero-order chi connectivity index (χ0) is 22.7. The van der Waals surface area contributed by atoms with Crippen LogP contribution in [-0.4, -0.2) is 48.3 Å². The van der Waals surface area contributed by atoms with Gasteiger partial charge in [-0.2, -0.15) is 0 Å². The van der Waals surface area contributed by atoms with Crippen LogP contribution in [-0.2, 0) is 14.4 Å². The number of nitrogens with one attached hydrogen (secondary N) is 2. The summed E-state index contributed by atoms with van der Waals surface area (Å²) in [5.41, 5.74) is 0.993. The molecule has 7 nitrogen and oxygen atoms in total. The Hall–Kier alpha value is -3.33. The van der Waals surface area contributed by atoms with E-state index in [0.717, 1.165) is 12.1 Å². The molecule has 3 amide bonds. The Kier molecular flexibility index (Phi) is 6.65. The van der Waals surface area contributed by atoms with Gasteiger partial charge < -0.3 is 15.5 Å². The van der Waals surface area contributed by atoms with Crippen molar-refractivity contribution in [2.45, 2.75) is 32.4 Å². The van der Waals surface area contributed by atoms with Crippen molar-refractivity contribution in [2.75, 3.05) is 29.1 Å². The monoisotopic (exact) mass is 430 g/mol. The van der Waals surface area contributed by atoms with Crippen LogP contribution in [0.1, 0.15) is 20.3 Å². The van der Waals surface area contributed by atoms with Crippen molar-refractivity contribution in [3.63, 3.8) is 0 Å². The summed E-state index contributed by atoms with van der Waals surface area (Å²) >= 11 is 0. The standard InChI is InChI=1S/C22H24F2N4O3/c1-13-10-20(29)25-18-6-4-5-7-19(18)28(13)21(30)12-27(3)14(2)22(31)26-17-9-8-15(23)11-16(17)24/h4-9,11,13-14H,10,12H2,1-3H3,(H,25,29)(H,26,31). The lowest BCUT2D eigenvalue weighted by atomic mass is 10.1. The van der Waals surface area contributed by atoms with Crippen LogP contribution in [0.5, 0.6) is 0 Å². The van der Waals surface area contributed by atoms with E-state index in [2.05, 4.69) is 10.6 Å². The second-order valence-electron chi connectivity index (χ2n) is 7.59. The highest BCUT2D eigenvalue weighted by Gasteiger charge is 2.31. The average molecular weight is 430 g/mol. The van der Waals surface area contributed by atoms with Crippen molar-refractivity contribution in [1.82, 2.24) is 4.90 Å². The SMILES string of the molecule is CC(C(=O)Nc1ccc(F)cc1F)N(C)CC(=O)N1c2ccccc2NC(=O)CC1C. The number of rotatable bonds is 5. The minimum atomic E-state index is -0.883. The highest BCUT2D eigenvalue weighted by atomic mass is 19.1. The molecule has 2 aromatic carbocycles. The summed E-state index contributed by atoms with van der Waals surface area (Å²) in [5, 5.41) is 5.21. The minimum Gasteiger partial charge on any atom is -0.324 e. The summed E-state index contributed by atoms with van der Waals surface area (Å²) < 4.78 is 26.9. The zero-order valence-corrected chi connectivity index (χ0v) is 17.5. The van der Waals surface area contributed by atoms with Gasteiger partial charge in [0.1, 0.15) is 11.6 Å². The molecule has 0 saturated carbocycles. The number of carbonyl (C=O) groups excluding carboxylic acids is 3. The van der Waals surface area contributed by atoms with Gasteiger partial charge in [0.25, 0.3) is 0 Å². The van der Waals surface area contributed by atoms with Crippen LogP contribution in [0.15, 0.2) is 42.5 Å². The summed E-state index contributed by atoms with van der Waals surface area (Å²) in [6.07, 6.45) is 0.143. The maximum atomic E-state index is 13.8. The molecule has 2 unspecified atom stereocenters. The molecule has 2 N–H and O–H groups in total. The topological polar surface area (TPSA) is 81.8 Å². The first-order valence-electron chi connectivity index (χ1n) is 9.84. The molecule has 1 heterocycles. The Balaban J connectivity index is 1.71. The van der Waals surface area contributed by atoms with Gasteiger partial charge in [-0.3, -0.25) is 19.3 Å². The molecule has 31 heavy (non-hydrogen) atoms. The molecule has 1 aliphatic rings. The van der Waals surface area contributed by atoms with E-state index in [1.54, 1.807) is 50.1 Å². The van der Waals surface area contributed by atoms with E-state index < -0.39 is 23.6 Å². The molecule has 0 aromatic heterocycles. The Bertz CT molecular complexity index is 1010. The van der Waals surface area contributed by atoms with Crippen LogP contribution in [0.3, 0.4) is 0 Å². The van der Waals surface area contributed by atoms with Gasteiger partial charge in [0.05, 0.1) is 29.6 Å². The highest BCUT2D eigenvalue weighted by Crippen LogP contribution is 2.31. The van der Waals surface area contributed by atoms with Crippen LogP contribution >= 0.6 is 0 Å². The molecule has 1 aliphatic heterocycles. The van der Waals surface area contributed by atoms with E-state index in [9.17, 15) is 23.2 Å². The van der Waals surface area contributed by atoms with E-state index in [1.165, 1.54) is 4.90 Å². The summed E-state index contributed by atoms with van der Waals surface area (Å²) in [6.45, 7) is 3.26. The maximum Gasteiger partial charge on any atom is 0.241 e. The van der Waals surface area contributed by atoms with Crippen molar-refractivity contribution in [3.8, 4) is 0 Å². The van der Waals surface area contributed by atoms with Crippen molar-refractivity contribution in [2.24, 2.45) is 0 Å². The third kappa shape index (κ3) is 5.05. The molecule has 0 fully saturated rings. The number of likely N-dealkylation sites (N-methyl/N-ethyl adjacent to an activating group) is 1. The predicted octanol–water partition coefficient (Wildman–Crippen LogP) is 2.99. The van der Waals surface area contributed by atoms with Crippen LogP contribution in [0.4, 0.5) is 25.8 Å². The summed E-state index contributed by atoms with van der Waals surface area (Å²) in [7, 11) is 1.60. The van der Waals surface area contributed by atoms with E-state index in [4.69, 9.17) is 0 Å². The molecular weight excluding hydrogens is 406 g/mol. The van der Waals surface area contributed by atoms with Gasteiger partial charge in [-0.1, -0.05) is 12.1 Å². The summed E-state index contributed by atoms with van der Waals surface area (Å²) in [4.78, 5) is 40.8. The first kappa shape index (κ1) is 22.4. The number of hydrogen-bond donors (Lipinski definition) is 2. The number of anilines is 3. The Morgan fingerprint density at radius 2 is 1.97 bits per heavy atom. The second kappa shape index (κ2) is 9.22. The molecule has 0 spiro atoms. The number of nitrogens with zero attached hydrogens (tertiary/aromatic N) is 2. The second-order valence-corrected chi connectivity index (χ2v) is 7.59. The quantitative estimate of drug-likeness (QED) is 0.764. The fraction of sp³-hybridized carbons (Fsp3) is 0.318. The van der Waals surface area contributed by atoms with Crippen molar-refractivity contribution >= 4 is 34.8 Å². The molecule has 2 aromatic rings. The number of hydrogen-bond acceptors (Lipinski definition) is 4. The van der Waals surface area contributed by atoms with Crippen molar-refractivity contribution in [3.05, 3.63) is 54.1 Å². The van der Waals surface area contributed by atoms with E-state index in [0.29, 0.717) is 17.4 Å². The smallest absolute Gasteiger partial charge is 0.241 e. The van der Waals surface area contributed by atoms with Gasteiger partial charge in [-0.25, -0.2) is 8.78 Å². The first-order valence-corrected chi connectivity index (χ1v) is 9.84. The molecule has 0 aliphatic carbocycles. The molecule has 0 bridgehead atoms. The molecule has 0 radical (unpaired) electrons. The predicted molar refractivity (Wildman–Crippen MR) is 114 cm³/mol. The minimum absolute atomic E-state index is 0.104. The fourth-order valence-electron chi connectivity index (χ4n) is 3.42. The van der Waals surface area contributed by atoms with Crippen molar-refractivity contribution in [1.29, 1.82) is 0 Å². The third-order valence-electron chi connectivity index (χ3n) is 5.24. The lowest BCUT2D eigenvalue weighted by Gasteiger charge is -2.31. The number of halogens is 2. The van der Waals surface area contributed by atoms with Gasteiger partial charge in [0.2, 0.25) is 17.7 Å². The molecule has 3 rings (SSSR count). The van der Waals surface area contributed by atoms with Gasteiger partial charge in [-0.05, 0) is 45.2 Å². The van der Waals surface area contributed by atoms with E-state index in [1.807, 2.05) is 0 Å². The fourth-order valence-corrected chi connectivity index (χ4v) is 3.42.